The number of anilines is 1. The van der Waals surface area contributed by atoms with Crippen LogP contribution in [-0.4, -0.2) is 41.5 Å². The average molecular weight is 347 g/mol. The third kappa shape index (κ3) is 3.54. The molecule has 2 N–H and O–H groups in total. The second kappa shape index (κ2) is 6.97. The Kier molecular flexibility index (Phi) is 4.76. The van der Waals surface area contributed by atoms with E-state index in [4.69, 9.17) is 11.6 Å². The molecule has 6 nitrogen and oxygen atoms in total. The van der Waals surface area contributed by atoms with Crippen LogP contribution in [0.2, 0.25) is 5.02 Å². The fourth-order valence-corrected chi connectivity index (χ4v) is 3.02. The van der Waals surface area contributed by atoms with Gasteiger partial charge >= 0.3 is 6.03 Å². The molecule has 0 radical (unpaired) electrons. The Labute approximate surface area is 145 Å². The van der Waals surface area contributed by atoms with Gasteiger partial charge in [0.15, 0.2) is 0 Å². The number of H-pyrrole nitrogens is 1. The van der Waals surface area contributed by atoms with E-state index in [0.29, 0.717) is 23.8 Å². The lowest BCUT2D eigenvalue weighted by Gasteiger charge is -2.21. The molecule has 7 heteroatoms. The number of hydrogen-bond donors (Lipinski definition) is 2. The second-order valence-electron chi connectivity index (χ2n) is 5.86. The van der Waals surface area contributed by atoms with Gasteiger partial charge in [-0.3, -0.25) is 4.79 Å². The largest absolute Gasteiger partial charge is 0.364 e. The molecule has 2 heterocycles. The molecule has 1 aliphatic heterocycles. The van der Waals surface area contributed by atoms with E-state index in [9.17, 15) is 9.59 Å². The van der Waals surface area contributed by atoms with Crippen molar-refractivity contribution in [1.29, 1.82) is 0 Å². The zero-order valence-electron chi connectivity index (χ0n) is 13.3. The number of amides is 3. The summed E-state index contributed by atoms with van der Waals surface area (Å²) in [7, 11) is 1.72. The molecule has 0 spiro atoms. The van der Waals surface area contributed by atoms with Crippen LogP contribution in [0.25, 0.3) is 0 Å². The number of rotatable bonds is 4. The Hall–Kier alpha value is -2.47. The highest BCUT2D eigenvalue weighted by Gasteiger charge is 2.33. The molecular weight excluding hydrogens is 328 g/mol. The zero-order chi connectivity index (χ0) is 17.1. The average Bonchev–Trinajstić information content (AvgIpc) is 3.17. The van der Waals surface area contributed by atoms with Crippen molar-refractivity contribution in [3.05, 3.63) is 53.3 Å². The lowest BCUT2D eigenvalue weighted by atomic mass is 10.2. The van der Waals surface area contributed by atoms with Gasteiger partial charge in [0.25, 0.3) is 0 Å². The lowest BCUT2D eigenvalue weighted by molar-refractivity contribution is -0.117. The molecule has 3 amide bonds. The van der Waals surface area contributed by atoms with Crippen LogP contribution in [0.5, 0.6) is 0 Å². The summed E-state index contributed by atoms with van der Waals surface area (Å²) in [5.74, 6) is -0.0413. The summed E-state index contributed by atoms with van der Waals surface area (Å²) in [6.07, 6.45) is 2.09. The molecule has 0 aliphatic carbocycles. The highest BCUT2D eigenvalue weighted by atomic mass is 35.5. The Morgan fingerprint density at radius 1 is 1.38 bits per heavy atom. The number of nitrogens with one attached hydrogen (secondary N) is 2. The van der Waals surface area contributed by atoms with Crippen LogP contribution in [-0.2, 0) is 11.3 Å². The first kappa shape index (κ1) is 16.4. The summed E-state index contributed by atoms with van der Waals surface area (Å²) in [5.41, 5.74) is 1.63. The van der Waals surface area contributed by atoms with Crippen molar-refractivity contribution in [1.82, 2.24) is 15.2 Å². The van der Waals surface area contributed by atoms with Gasteiger partial charge < -0.3 is 20.1 Å². The number of carbonyl (C=O) groups is 2. The summed E-state index contributed by atoms with van der Waals surface area (Å²) >= 11 is 6.16. The van der Waals surface area contributed by atoms with Gasteiger partial charge in [-0.15, -0.1) is 0 Å². The molecule has 0 bridgehead atoms. The van der Waals surface area contributed by atoms with Crippen molar-refractivity contribution in [2.45, 2.75) is 19.0 Å². The predicted octanol–water partition coefficient (Wildman–Crippen LogP) is 2.62. The number of nitrogens with zero attached hydrogens (tertiary/aromatic N) is 2. The molecule has 1 aromatic heterocycles. The van der Waals surface area contributed by atoms with Crippen LogP contribution in [0.15, 0.2) is 42.6 Å². The number of aromatic amines is 1. The maximum atomic E-state index is 12.3. The third-order valence-corrected chi connectivity index (χ3v) is 4.33. The summed E-state index contributed by atoms with van der Waals surface area (Å²) in [6.45, 7) is 0.901. The van der Waals surface area contributed by atoms with Crippen LogP contribution >= 0.6 is 11.6 Å². The smallest absolute Gasteiger partial charge is 0.317 e. The van der Waals surface area contributed by atoms with Crippen molar-refractivity contribution in [3.63, 3.8) is 0 Å². The number of halogens is 1. The van der Waals surface area contributed by atoms with E-state index in [-0.39, 0.29) is 24.4 Å². The van der Waals surface area contributed by atoms with E-state index < -0.39 is 0 Å². The second-order valence-corrected chi connectivity index (χ2v) is 6.26. The summed E-state index contributed by atoms with van der Waals surface area (Å²) in [4.78, 5) is 30.8. The van der Waals surface area contributed by atoms with Crippen molar-refractivity contribution < 1.29 is 9.59 Å². The lowest BCUT2D eigenvalue weighted by Crippen LogP contribution is -2.44. The maximum absolute atomic E-state index is 12.3. The zero-order valence-corrected chi connectivity index (χ0v) is 14.1. The number of benzene rings is 1. The highest BCUT2D eigenvalue weighted by molar-refractivity contribution is 6.33. The van der Waals surface area contributed by atoms with E-state index in [1.807, 2.05) is 36.5 Å². The maximum Gasteiger partial charge on any atom is 0.317 e. The summed E-state index contributed by atoms with van der Waals surface area (Å²) in [5, 5.41) is 3.44. The first-order valence-corrected chi connectivity index (χ1v) is 8.11. The van der Waals surface area contributed by atoms with Gasteiger partial charge in [0.2, 0.25) is 5.91 Å². The summed E-state index contributed by atoms with van der Waals surface area (Å²) < 4.78 is 0. The molecule has 2 aromatic rings. The molecule has 1 unspecified atom stereocenters. The molecular formula is C17H19ClN4O2. The van der Waals surface area contributed by atoms with Gasteiger partial charge in [-0.25, -0.2) is 4.79 Å². The minimum absolute atomic E-state index is 0.0413. The quantitative estimate of drug-likeness (QED) is 0.893. The molecule has 126 valence electrons. The van der Waals surface area contributed by atoms with Crippen LogP contribution in [0.4, 0.5) is 10.5 Å². The first-order chi connectivity index (χ1) is 11.5. The minimum Gasteiger partial charge on any atom is -0.364 e. The van der Waals surface area contributed by atoms with Crippen molar-refractivity contribution in [2.24, 2.45) is 0 Å². The van der Waals surface area contributed by atoms with Gasteiger partial charge in [-0.2, -0.15) is 0 Å². The number of para-hydroxylation sites is 1. The normalized spacial score (nSPS) is 17.2. The van der Waals surface area contributed by atoms with Crippen LogP contribution < -0.4 is 10.2 Å². The summed E-state index contributed by atoms with van der Waals surface area (Å²) in [6, 6.07) is 10.6. The monoisotopic (exact) mass is 346 g/mol. The number of urea groups is 1. The van der Waals surface area contributed by atoms with E-state index in [1.165, 1.54) is 0 Å². The first-order valence-electron chi connectivity index (χ1n) is 7.73. The molecule has 1 aromatic carbocycles. The standard InChI is InChI=1S/C17H19ClN4O2/c1-21(10-12-5-4-8-19-12)17(24)20-13-9-16(23)22(11-13)15-7-3-2-6-14(15)18/h2-8,13,19H,9-11H2,1H3,(H,20,24). The molecule has 1 saturated heterocycles. The Morgan fingerprint density at radius 3 is 2.88 bits per heavy atom. The van der Waals surface area contributed by atoms with Crippen molar-refractivity contribution >= 4 is 29.2 Å². The SMILES string of the molecule is CN(Cc1ccc[nH]1)C(=O)NC1CC(=O)N(c2ccccc2Cl)C1. The van der Waals surface area contributed by atoms with Crippen LogP contribution in [0, 0.1) is 0 Å². The van der Waals surface area contributed by atoms with Crippen molar-refractivity contribution in [2.75, 3.05) is 18.5 Å². The van der Waals surface area contributed by atoms with Crippen molar-refractivity contribution in [3.8, 4) is 0 Å². The molecule has 24 heavy (non-hydrogen) atoms. The minimum atomic E-state index is -0.229. The molecule has 1 aliphatic rings. The fraction of sp³-hybridized carbons (Fsp3) is 0.294. The topological polar surface area (TPSA) is 68.4 Å². The molecule has 1 fully saturated rings. The van der Waals surface area contributed by atoms with E-state index >= 15 is 0 Å². The number of aromatic nitrogens is 1. The highest BCUT2D eigenvalue weighted by Crippen LogP contribution is 2.28. The molecule has 1 atom stereocenters. The van der Waals surface area contributed by atoms with Gasteiger partial charge in [0, 0.05) is 31.9 Å². The van der Waals surface area contributed by atoms with Gasteiger partial charge in [-0.1, -0.05) is 23.7 Å². The number of carbonyl (C=O) groups excluding carboxylic acids is 2. The van der Waals surface area contributed by atoms with Gasteiger partial charge in [0.1, 0.15) is 0 Å². The van der Waals surface area contributed by atoms with E-state index in [0.717, 1.165) is 5.69 Å². The van der Waals surface area contributed by atoms with Crippen LogP contribution in [0.1, 0.15) is 12.1 Å². The Bertz CT molecular complexity index is 732. The fourth-order valence-electron chi connectivity index (χ4n) is 2.79. The Morgan fingerprint density at radius 2 is 2.17 bits per heavy atom. The predicted molar refractivity (Wildman–Crippen MR) is 93.0 cm³/mol. The Balaban J connectivity index is 1.60. The molecule has 3 rings (SSSR count). The van der Waals surface area contributed by atoms with Gasteiger partial charge in [-0.05, 0) is 24.3 Å². The van der Waals surface area contributed by atoms with E-state index in [2.05, 4.69) is 10.3 Å². The van der Waals surface area contributed by atoms with Gasteiger partial charge in [0.05, 0.1) is 23.3 Å². The number of hydrogen-bond acceptors (Lipinski definition) is 2. The third-order valence-electron chi connectivity index (χ3n) is 4.01. The van der Waals surface area contributed by atoms with Crippen LogP contribution in [0.3, 0.4) is 0 Å². The molecule has 0 saturated carbocycles. The van der Waals surface area contributed by atoms with E-state index in [1.54, 1.807) is 22.9 Å².